The van der Waals surface area contributed by atoms with Crippen LogP contribution in [0.4, 0.5) is 0 Å². The van der Waals surface area contributed by atoms with E-state index in [-0.39, 0.29) is 0 Å². The smallest absolute Gasteiger partial charge is 0.207 e. The number of benzene rings is 1. The van der Waals surface area contributed by atoms with Crippen LogP contribution in [0.1, 0.15) is 19.4 Å². The highest BCUT2D eigenvalue weighted by Gasteiger charge is 2.23. The van der Waals surface area contributed by atoms with Crippen molar-refractivity contribution in [2.75, 3.05) is 13.6 Å². The number of aryl methyl sites for hydroxylation is 1. The summed E-state index contributed by atoms with van der Waals surface area (Å²) < 4.78 is 26.9. The summed E-state index contributed by atoms with van der Waals surface area (Å²) in [7, 11) is -1.76. The summed E-state index contributed by atoms with van der Waals surface area (Å²) in [5.74, 6) is 0.308. The molecule has 0 amide bonds. The van der Waals surface area contributed by atoms with E-state index in [0.717, 1.165) is 10.0 Å². The summed E-state index contributed by atoms with van der Waals surface area (Å²) in [5.41, 5.74) is 0.767. The van der Waals surface area contributed by atoms with Crippen LogP contribution in [0.25, 0.3) is 0 Å². The van der Waals surface area contributed by atoms with Crippen molar-refractivity contribution in [3.8, 4) is 0 Å². The number of sulfonamides is 1. The van der Waals surface area contributed by atoms with Crippen LogP contribution in [0, 0.1) is 12.8 Å². The normalized spacial score (nSPS) is 12.4. The molecule has 96 valence electrons. The van der Waals surface area contributed by atoms with Gasteiger partial charge in [0.25, 0.3) is 0 Å². The lowest BCUT2D eigenvalue weighted by Crippen LogP contribution is -2.30. The molecule has 0 fully saturated rings. The van der Waals surface area contributed by atoms with Gasteiger partial charge >= 0.3 is 0 Å². The second-order valence-corrected chi connectivity index (χ2v) is 7.52. The Labute approximate surface area is 112 Å². The average molecular weight is 320 g/mol. The fourth-order valence-corrected chi connectivity index (χ4v) is 3.73. The molecule has 17 heavy (non-hydrogen) atoms. The van der Waals surface area contributed by atoms with Crippen molar-refractivity contribution < 1.29 is 8.42 Å². The van der Waals surface area contributed by atoms with Gasteiger partial charge in [-0.15, -0.1) is 0 Å². The molecule has 1 rings (SSSR count). The van der Waals surface area contributed by atoms with E-state index >= 15 is 0 Å². The number of halogens is 1. The summed E-state index contributed by atoms with van der Waals surface area (Å²) in [5, 5.41) is 0. The first kappa shape index (κ1) is 14.7. The lowest BCUT2D eigenvalue weighted by atomic mass is 10.2. The van der Waals surface area contributed by atoms with Crippen LogP contribution in [0.3, 0.4) is 0 Å². The topological polar surface area (TPSA) is 37.4 Å². The van der Waals surface area contributed by atoms with Gasteiger partial charge < -0.3 is 0 Å². The minimum Gasteiger partial charge on any atom is -0.207 e. The Bertz CT molecular complexity index is 497. The molecule has 0 aliphatic heterocycles. The quantitative estimate of drug-likeness (QED) is 0.855. The van der Waals surface area contributed by atoms with Gasteiger partial charge in [-0.3, -0.25) is 0 Å². The number of rotatable bonds is 4. The van der Waals surface area contributed by atoms with Crippen molar-refractivity contribution in [1.29, 1.82) is 0 Å². The fraction of sp³-hybridized carbons (Fsp3) is 0.500. The maximum absolute atomic E-state index is 12.3. The Balaban J connectivity index is 3.17. The highest BCUT2D eigenvalue weighted by molar-refractivity contribution is 9.10. The van der Waals surface area contributed by atoms with Gasteiger partial charge in [-0.1, -0.05) is 35.8 Å². The van der Waals surface area contributed by atoms with Crippen molar-refractivity contribution in [2.45, 2.75) is 25.7 Å². The van der Waals surface area contributed by atoms with Gasteiger partial charge in [-0.05, 0) is 30.5 Å². The first-order chi connectivity index (χ1) is 7.75. The van der Waals surface area contributed by atoms with Crippen LogP contribution in [0.15, 0.2) is 27.6 Å². The molecule has 0 radical (unpaired) electrons. The molecule has 0 atom stereocenters. The van der Waals surface area contributed by atoms with Gasteiger partial charge in [-0.25, -0.2) is 12.7 Å². The lowest BCUT2D eigenvalue weighted by Gasteiger charge is -2.20. The second kappa shape index (κ2) is 5.50. The highest BCUT2D eigenvalue weighted by atomic mass is 79.9. The maximum Gasteiger partial charge on any atom is 0.243 e. The van der Waals surface area contributed by atoms with E-state index in [4.69, 9.17) is 0 Å². The average Bonchev–Trinajstić information content (AvgIpc) is 2.20. The molecule has 5 heteroatoms. The van der Waals surface area contributed by atoms with Crippen molar-refractivity contribution in [3.05, 3.63) is 28.2 Å². The third-order valence-corrected chi connectivity index (χ3v) is 4.92. The molecule has 3 nitrogen and oxygen atoms in total. The van der Waals surface area contributed by atoms with E-state index < -0.39 is 10.0 Å². The van der Waals surface area contributed by atoms with Gasteiger partial charge in [-0.2, -0.15) is 0 Å². The van der Waals surface area contributed by atoms with Crippen LogP contribution in [-0.4, -0.2) is 26.3 Å². The Morgan fingerprint density at radius 3 is 2.47 bits per heavy atom. The highest BCUT2D eigenvalue weighted by Crippen LogP contribution is 2.23. The summed E-state index contributed by atoms with van der Waals surface area (Å²) in [4.78, 5) is 0.370. The van der Waals surface area contributed by atoms with Gasteiger partial charge in [0.05, 0.1) is 4.90 Å². The summed E-state index contributed by atoms with van der Waals surface area (Å²) in [6.45, 7) is 6.33. The van der Waals surface area contributed by atoms with Crippen LogP contribution in [-0.2, 0) is 10.0 Å². The number of nitrogens with zero attached hydrogens (tertiary/aromatic N) is 1. The third-order valence-electron chi connectivity index (χ3n) is 2.46. The Morgan fingerprint density at radius 1 is 1.35 bits per heavy atom. The molecule has 0 aromatic heterocycles. The second-order valence-electron chi connectivity index (χ2n) is 4.59. The molecule has 0 saturated heterocycles. The van der Waals surface area contributed by atoms with E-state index in [9.17, 15) is 8.42 Å². The van der Waals surface area contributed by atoms with E-state index in [1.165, 1.54) is 4.31 Å². The molecule has 0 bridgehead atoms. The Hall–Kier alpha value is -0.390. The fourth-order valence-electron chi connectivity index (χ4n) is 1.63. The lowest BCUT2D eigenvalue weighted by molar-refractivity contribution is 0.417. The van der Waals surface area contributed by atoms with Crippen molar-refractivity contribution in [2.24, 2.45) is 5.92 Å². The molecular formula is C12H18BrNO2S. The number of hydrogen-bond acceptors (Lipinski definition) is 2. The SMILES string of the molecule is Cc1ccc(Br)cc1S(=O)(=O)N(C)CC(C)C. The predicted molar refractivity (Wildman–Crippen MR) is 73.5 cm³/mol. The molecule has 1 aromatic carbocycles. The predicted octanol–water partition coefficient (Wildman–Crippen LogP) is 3.03. The van der Waals surface area contributed by atoms with Crippen LogP contribution in [0.5, 0.6) is 0 Å². The zero-order valence-electron chi connectivity index (χ0n) is 10.6. The van der Waals surface area contributed by atoms with E-state index in [2.05, 4.69) is 15.9 Å². The van der Waals surface area contributed by atoms with Crippen LogP contribution < -0.4 is 0 Å². The molecular weight excluding hydrogens is 302 g/mol. The minimum atomic E-state index is -3.38. The van der Waals surface area contributed by atoms with E-state index in [0.29, 0.717) is 17.4 Å². The van der Waals surface area contributed by atoms with Gasteiger partial charge in [0.2, 0.25) is 10.0 Å². The van der Waals surface area contributed by atoms with E-state index in [1.54, 1.807) is 19.2 Å². The van der Waals surface area contributed by atoms with Crippen molar-refractivity contribution >= 4 is 26.0 Å². The van der Waals surface area contributed by atoms with Crippen LogP contribution >= 0.6 is 15.9 Å². The molecule has 0 spiro atoms. The maximum atomic E-state index is 12.3. The molecule has 0 unspecified atom stereocenters. The number of hydrogen-bond donors (Lipinski definition) is 0. The van der Waals surface area contributed by atoms with Gasteiger partial charge in [0.15, 0.2) is 0 Å². The standard InChI is InChI=1S/C12H18BrNO2S/c1-9(2)8-14(4)17(15,16)12-7-11(13)6-5-10(12)3/h5-7,9H,8H2,1-4H3. The third kappa shape index (κ3) is 3.53. The largest absolute Gasteiger partial charge is 0.243 e. The zero-order chi connectivity index (χ0) is 13.2. The molecule has 0 aliphatic carbocycles. The first-order valence-corrected chi connectivity index (χ1v) is 7.71. The van der Waals surface area contributed by atoms with Gasteiger partial charge in [0, 0.05) is 18.1 Å². The Morgan fingerprint density at radius 2 is 1.94 bits per heavy atom. The molecule has 0 aliphatic rings. The van der Waals surface area contributed by atoms with E-state index in [1.807, 2.05) is 26.8 Å². The molecule has 0 N–H and O–H groups in total. The molecule has 1 aromatic rings. The molecule has 0 saturated carbocycles. The minimum absolute atomic E-state index is 0.308. The zero-order valence-corrected chi connectivity index (χ0v) is 13.0. The van der Waals surface area contributed by atoms with Gasteiger partial charge in [0.1, 0.15) is 0 Å². The molecule has 0 heterocycles. The van der Waals surface area contributed by atoms with Crippen LogP contribution in [0.2, 0.25) is 0 Å². The first-order valence-electron chi connectivity index (χ1n) is 5.47. The van der Waals surface area contributed by atoms with Crippen molar-refractivity contribution in [3.63, 3.8) is 0 Å². The summed E-state index contributed by atoms with van der Waals surface area (Å²) >= 11 is 3.31. The summed E-state index contributed by atoms with van der Waals surface area (Å²) in [6.07, 6.45) is 0. The Kier molecular flexibility index (Phi) is 4.75. The monoisotopic (exact) mass is 319 g/mol. The summed E-state index contributed by atoms with van der Waals surface area (Å²) in [6, 6.07) is 5.30. The van der Waals surface area contributed by atoms with Crippen molar-refractivity contribution in [1.82, 2.24) is 4.31 Å².